The van der Waals surface area contributed by atoms with Crippen molar-refractivity contribution in [2.75, 3.05) is 20.6 Å². The molecule has 26 heavy (non-hydrogen) atoms. The van der Waals surface area contributed by atoms with Gasteiger partial charge in [-0.3, -0.25) is 4.90 Å². The van der Waals surface area contributed by atoms with Crippen LogP contribution < -0.4 is 4.72 Å². The van der Waals surface area contributed by atoms with Crippen molar-refractivity contribution in [3.63, 3.8) is 0 Å². The molecular formula is C18H18ClFN2O3S. The van der Waals surface area contributed by atoms with Crippen LogP contribution in [0.1, 0.15) is 11.8 Å². The van der Waals surface area contributed by atoms with E-state index < -0.39 is 15.8 Å². The summed E-state index contributed by atoms with van der Waals surface area (Å²) in [6, 6.07) is 12.4. The summed E-state index contributed by atoms with van der Waals surface area (Å²) in [7, 11) is -0.167. The van der Waals surface area contributed by atoms with Gasteiger partial charge in [0.05, 0.1) is 16.0 Å². The Morgan fingerprint density at radius 3 is 2.58 bits per heavy atom. The molecule has 0 aliphatic rings. The van der Waals surface area contributed by atoms with E-state index in [1.807, 2.05) is 49.3 Å². The van der Waals surface area contributed by atoms with Crippen LogP contribution in [-0.4, -0.2) is 34.0 Å². The van der Waals surface area contributed by atoms with Gasteiger partial charge in [0.1, 0.15) is 17.2 Å². The van der Waals surface area contributed by atoms with Crippen LogP contribution in [-0.2, 0) is 10.0 Å². The van der Waals surface area contributed by atoms with Crippen LogP contribution in [0.15, 0.2) is 57.8 Å². The Morgan fingerprint density at radius 2 is 1.92 bits per heavy atom. The zero-order chi connectivity index (χ0) is 18.9. The molecule has 138 valence electrons. The molecule has 1 atom stereocenters. The van der Waals surface area contributed by atoms with Crippen molar-refractivity contribution in [2.24, 2.45) is 0 Å². The van der Waals surface area contributed by atoms with E-state index in [9.17, 15) is 12.8 Å². The van der Waals surface area contributed by atoms with Crippen molar-refractivity contribution in [1.29, 1.82) is 0 Å². The van der Waals surface area contributed by atoms with E-state index in [0.717, 1.165) is 23.1 Å². The molecule has 8 heteroatoms. The Morgan fingerprint density at radius 1 is 1.19 bits per heavy atom. The number of nitrogens with zero attached hydrogens (tertiary/aromatic N) is 1. The molecule has 1 unspecified atom stereocenters. The number of hydrogen-bond donors (Lipinski definition) is 1. The minimum atomic E-state index is -3.84. The molecule has 0 bridgehead atoms. The first-order chi connectivity index (χ1) is 12.3. The van der Waals surface area contributed by atoms with Gasteiger partial charge in [0.15, 0.2) is 0 Å². The molecule has 0 amide bonds. The normalized spacial score (nSPS) is 13.4. The molecule has 3 aromatic rings. The van der Waals surface area contributed by atoms with E-state index in [0.29, 0.717) is 5.76 Å². The topological polar surface area (TPSA) is 62.6 Å². The predicted octanol–water partition coefficient (Wildman–Crippen LogP) is 3.81. The first kappa shape index (κ1) is 18.8. The van der Waals surface area contributed by atoms with Crippen molar-refractivity contribution < 1.29 is 17.2 Å². The molecule has 0 radical (unpaired) electrons. The highest BCUT2D eigenvalue weighted by molar-refractivity contribution is 7.89. The maximum absolute atomic E-state index is 13.3. The number of rotatable bonds is 6. The van der Waals surface area contributed by atoms with Gasteiger partial charge in [0.25, 0.3) is 0 Å². The van der Waals surface area contributed by atoms with Crippen LogP contribution in [0.3, 0.4) is 0 Å². The van der Waals surface area contributed by atoms with Gasteiger partial charge in [-0.2, -0.15) is 0 Å². The fourth-order valence-corrected chi connectivity index (χ4v) is 3.93. The zero-order valence-corrected chi connectivity index (χ0v) is 15.8. The van der Waals surface area contributed by atoms with E-state index in [2.05, 4.69) is 4.72 Å². The molecule has 1 aromatic heterocycles. The number of hydrogen-bond acceptors (Lipinski definition) is 4. The van der Waals surface area contributed by atoms with Crippen molar-refractivity contribution in [3.8, 4) is 0 Å². The Kier molecular flexibility index (Phi) is 5.34. The Bertz CT molecular complexity index is 1000. The second kappa shape index (κ2) is 7.36. The molecule has 0 aliphatic carbocycles. The summed E-state index contributed by atoms with van der Waals surface area (Å²) in [5.74, 6) is -0.0184. The fraction of sp³-hybridized carbons (Fsp3) is 0.222. The molecule has 0 saturated carbocycles. The second-order valence-electron chi connectivity index (χ2n) is 6.09. The SMILES string of the molecule is CN(C)C(CNS(=O)(=O)c1ccc(F)c(Cl)c1)c1cc2ccccc2o1. The van der Waals surface area contributed by atoms with Gasteiger partial charge in [0.2, 0.25) is 10.0 Å². The molecule has 0 aliphatic heterocycles. The first-order valence-electron chi connectivity index (χ1n) is 7.87. The molecular weight excluding hydrogens is 379 g/mol. The van der Waals surface area contributed by atoms with E-state index >= 15 is 0 Å². The maximum atomic E-state index is 13.3. The molecule has 2 aromatic carbocycles. The zero-order valence-electron chi connectivity index (χ0n) is 14.2. The van der Waals surface area contributed by atoms with Gasteiger partial charge in [-0.15, -0.1) is 0 Å². The lowest BCUT2D eigenvalue weighted by Crippen LogP contribution is -2.34. The smallest absolute Gasteiger partial charge is 0.240 e. The molecule has 1 heterocycles. The summed E-state index contributed by atoms with van der Waals surface area (Å²) in [5.41, 5.74) is 0.738. The summed E-state index contributed by atoms with van der Waals surface area (Å²) in [5, 5.41) is 0.705. The largest absolute Gasteiger partial charge is 0.459 e. The third kappa shape index (κ3) is 3.91. The molecule has 0 fully saturated rings. The van der Waals surface area contributed by atoms with Crippen molar-refractivity contribution in [2.45, 2.75) is 10.9 Å². The highest BCUT2D eigenvalue weighted by atomic mass is 35.5. The number of benzene rings is 2. The third-order valence-corrected chi connectivity index (χ3v) is 5.78. The summed E-state index contributed by atoms with van der Waals surface area (Å²) in [6.07, 6.45) is 0. The average molecular weight is 397 g/mol. The van der Waals surface area contributed by atoms with Gasteiger partial charge >= 0.3 is 0 Å². The highest BCUT2D eigenvalue weighted by Crippen LogP contribution is 2.26. The standard InChI is InChI=1S/C18H18ClFN2O3S/c1-22(2)16(18-9-12-5-3-4-6-17(12)25-18)11-21-26(23,24)13-7-8-15(20)14(19)10-13/h3-10,16,21H,11H2,1-2H3. The third-order valence-electron chi connectivity index (χ3n) is 4.06. The summed E-state index contributed by atoms with van der Waals surface area (Å²) in [6.45, 7) is 0.0875. The van der Waals surface area contributed by atoms with Gasteiger partial charge in [-0.25, -0.2) is 17.5 Å². The van der Waals surface area contributed by atoms with Crippen LogP contribution in [0.2, 0.25) is 5.02 Å². The summed E-state index contributed by atoms with van der Waals surface area (Å²) in [4.78, 5) is 1.77. The van der Waals surface area contributed by atoms with Gasteiger partial charge in [0, 0.05) is 11.9 Å². The molecule has 1 N–H and O–H groups in total. The number of fused-ring (bicyclic) bond motifs is 1. The van der Waals surface area contributed by atoms with Crippen LogP contribution in [0, 0.1) is 5.82 Å². The fourth-order valence-electron chi connectivity index (χ4n) is 2.62. The number of halogens is 2. The predicted molar refractivity (Wildman–Crippen MR) is 99.2 cm³/mol. The van der Waals surface area contributed by atoms with Gasteiger partial charge in [-0.1, -0.05) is 29.8 Å². The lowest BCUT2D eigenvalue weighted by molar-refractivity contribution is 0.264. The van der Waals surface area contributed by atoms with Crippen LogP contribution in [0.25, 0.3) is 11.0 Å². The highest BCUT2D eigenvalue weighted by Gasteiger charge is 2.23. The monoisotopic (exact) mass is 396 g/mol. The Balaban J connectivity index is 1.83. The Labute approximate surface area is 156 Å². The van der Waals surface area contributed by atoms with E-state index in [4.69, 9.17) is 16.0 Å². The van der Waals surface area contributed by atoms with Crippen molar-refractivity contribution >= 4 is 32.6 Å². The minimum Gasteiger partial charge on any atom is -0.459 e. The summed E-state index contributed by atoms with van der Waals surface area (Å²) < 4.78 is 46.6. The average Bonchev–Trinajstić information content (AvgIpc) is 3.00. The summed E-state index contributed by atoms with van der Waals surface area (Å²) >= 11 is 5.68. The van der Waals surface area contributed by atoms with Crippen molar-refractivity contribution in [1.82, 2.24) is 9.62 Å². The molecule has 5 nitrogen and oxygen atoms in total. The maximum Gasteiger partial charge on any atom is 0.240 e. The number of sulfonamides is 1. The molecule has 0 spiro atoms. The molecule has 0 saturated heterocycles. The van der Waals surface area contributed by atoms with Crippen LogP contribution in [0.5, 0.6) is 0 Å². The quantitative estimate of drug-likeness (QED) is 0.688. The van der Waals surface area contributed by atoms with Crippen LogP contribution >= 0.6 is 11.6 Å². The number of para-hydroxylation sites is 1. The van der Waals surface area contributed by atoms with E-state index in [-0.39, 0.29) is 22.5 Å². The lowest BCUT2D eigenvalue weighted by atomic mass is 10.2. The van der Waals surface area contributed by atoms with Crippen molar-refractivity contribution in [3.05, 3.63) is 65.1 Å². The van der Waals surface area contributed by atoms with Gasteiger partial charge in [-0.05, 0) is 44.4 Å². The minimum absolute atomic E-state index is 0.0875. The first-order valence-corrected chi connectivity index (χ1v) is 9.73. The number of nitrogens with one attached hydrogen (secondary N) is 1. The molecule has 3 rings (SSSR count). The van der Waals surface area contributed by atoms with E-state index in [1.54, 1.807) is 0 Å². The Hall–Kier alpha value is -1.93. The lowest BCUT2D eigenvalue weighted by Gasteiger charge is -2.22. The number of furan rings is 1. The second-order valence-corrected chi connectivity index (χ2v) is 8.27. The van der Waals surface area contributed by atoms with E-state index in [1.165, 1.54) is 6.07 Å². The van der Waals surface area contributed by atoms with Gasteiger partial charge < -0.3 is 4.42 Å². The van der Waals surface area contributed by atoms with Crippen LogP contribution in [0.4, 0.5) is 4.39 Å². The number of likely N-dealkylation sites (N-methyl/N-ethyl adjacent to an activating group) is 1.